The van der Waals surface area contributed by atoms with E-state index in [1.54, 1.807) is 14.2 Å². The number of hydrogen-bond acceptors (Lipinski definition) is 4. The first-order chi connectivity index (χ1) is 16.4. The van der Waals surface area contributed by atoms with E-state index >= 15 is 0 Å². The van der Waals surface area contributed by atoms with Crippen LogP contribution in [-0.4, -0.2) is 38.1 Å². The number of carbonyl (C=O) groups is 1. The summed E-state index contributed by atoms with van der Waals surface area (Å²) in [6.07, 6.45) is 12.4. The lowest BCUT2D eigenvalue weighted by Gasteiger charge is -2.31. The molecule has 0 radical (unpaired) electrons. The largest absolute Gasteiger partial charge is 0.493 e. The van der Waals surface area contributed by atoms with Crippen LogP contribution in [0.5, 0.6) is 11.5 Å². The summed E-state index contributed by atoms with van der Waals surface area (Å²) in [6.45, 7) is 12.3. The Morgan fingerprint density at radius 3 is 2.44 bits per heavy atom. The molecule has 1 aliphatic rings. The maximum Gasteiger partial charge on any atom is 0.226 e. The van der Waals surface area contributed by atoms with E-state index in [9.17, 15) is 4.79 Å². The number of hydrogen-bond donors (Lipinski definition) is 1. The van der Waals surface area contributed by atoms with E-state index in [1.165, 1.54) is 0 Å². The Balaban J connectivity index is 2.30. The smallest absolute Gasteiger partial charge is 0.226 e. The summed E-state index contributed by atoms with van der Waals surface area (Å²) in [5.74, 6) is 2.32. The molecule has 2 atom stereocenters. The summed E-state index contributed by atoms with van der Waals surface area (Å²) >= 11 is 0. The molecule has 1 aromatic carbocycles. The maximum atomic E-state index is 13.5. The fourth-order valence-electron chi connectivity index (χ4n) is 4.73. The molecule has 1 aliphatic heterocycles. The van der Waals surface area contributed by atoms with Crippen molar-refractivity contribution in [3.05, 3.63) is 47.2 Å². The zero-order valence-electron chi connectivity index (χ0n) is 22.4. The van der Waals surface area contributed by atoms with Crippen LogP contribution >= 0.6 is 0 Å². The average Bonchev–Trinajstić information content (AvgIpc) is 2.83. The predicted octanol–water partition coefficient (Wildman–Crippen LogP) is 6.44. The Hall–Kier alpha value is -2.43. The number of aryl methyl sites for hydroxylation is 1. The first-order valence-electron chi connectivity index (χ1n) is 13.1. The van der Waals surface area contributed by atoms with Crippen molar-refractivity contribution in [1.29, 1.82) is 0 Å². The molecule has 0 fully saturated rings. The molecule has 1 heterocycles. The number of amides is 1. The molecule has 0 saturated heterocycles. The Morgan fingerprint density at radius 1 is 1.09 bits per heavy atom. The zero-order chi connectivity index (χ0) is 25.1. The third-order valence-electron chi connectivity index (χ3n) is 6.58. The molecule has 1 amide bonds. The minimum Gasteiger partial charge on any atom is -0.493 e. The maximum absolute atomic E-state index is 13.5. The van der Waals surface area contributed by atoms with E-state index in [0.29, 0.717) is 18.4 Å². The number of methoxy groups -OCH3 is 2. The highest BCUT2D eigenvalue weighted by molar-refractivity contribution is 5.79. The Labute approximate surface area is 207 Å². The van der Waals surface area contributed by atoms with Gasteiger partial charge in [-0.05, 0) is 66.3 Å². The van der Waals surface area contributed by atoms with Crippen molar-refractivity contribution in [3.8, 4) is 11.5 Å². The fourth-order valence-corrected chi connectivity index (χ4v) is 4.73. The molecule has 0 saturated carbocycles. The molecule has 1 aromatic rings. The predicted molar refractivity (Wildman–Crippen MR) is 141 cm³/mol. The standard InChI is InChI=1S/C29H46N2O3/c1-8-11-13-25(21(4)5)29(32)31(16-10-3)20-22-14-15-30-26(17-22)24-18-23(12-9-2)28(34-7)27(19-24)33-6/h14-15,17-19,21,25-26,30H,8-13,16,20H2,1-7H3. The third kappa shape index (κ3) is 7.28. The highest BCUT2D eigenvalue weighted by Gasteiger charge is 2.27. The van der Waals surface area contributed by atoms with E-state index in [4.69, 9.17) is 9.47 Å². The van der Waals surface area contributed by atoms with E-state index in [2.05, 4.69) is 69.1 Å². The number of nitrogens with zero attached hydrogens (tertiary/aromatic N) is 1. The molecule has 5 nitrogen and oxygen atoms in total. The van der Waals surface area contributed by atoms with Crippen LogP contribution in [0, 0.1) is 11.8 Å². The summed E-state index contributed by atoms with van der Waals surface area (Å²) in [6, 6.07) is 4.29. The molecule has 2 unspecified atom stereocenters. The van der Waals surface area contributed by atoms with Crippen LogP contribution in [0.15, 0.2) is 36.1 Å². The minimum atomic E-state index is 0.0231. The number of carbonyl (C=O) groups excluding carboxylic acids is 1. The van der Waals surface area contributed by atoms with Crippen LogP contribution in [0.3, 0.4) is 0 Å². The Morgan fingerprint density at radius 2 is 1.85 bits per heavy atom. The molecular weight excluding hydrogens is 424 g/mol. The van der Waals surface area contributed by atoms with Crippen LogP contribution in [0.25, 0.3) is 0 Å². The van der Waals surface area contributed by atoms with Crippen molar-refractivity contribution in [2.75, 3.05) is 27.3 Å². The first-order valence-corrected chi connectivity index (χ1v) is 13.1. The van der Waals surface area contributed by atoms with Gasteiger partial charge in [-0.2, -0.15) is 0 Å². The number of benzene rings is 1. The molecule has 5 heteroatoms. The fraction of sp³-hybridized carbons (Fsp3) is 0.621. The SMILES string of the molecule is CCCCC(C(=O)N(CCC)CC1=CC(c2cc(CCC)c(OC)c(OC)c2)NC=C1)C(C)C. The van der Waals surface area contributed by atoms with Gasteiger partial charge < -0.3 is 19.7 Å². The van der Waals surface area contributed by atoms with Gasteiger partial charge in [0.15, 0.2) is 11.5 Å². The second-order valence-electron chi connectivity index (χ2n) is 9.64. The molecule has 0 bridgehead atoms. The van der Waals surface area contributed by atoms with E-state index < -0.39 is 0 Å². The van der Waals surface area contributed by atoms with Gasteiger partial charge >= 0.3 is 0 Å². The van der Waals surface area contributed by atoms with Gasteiger partial charge in [-0.3, -0.25) is 4.79 Å². The van der Waals surface area contributed by atoms with Gasteiger partial charge in [0.2, 0.25) is 5.91 Å². The molecule has 34 heavy (non-hydrogen) atoms. The van der Waals surface area contributed by atoms with Crippen molar-refractivity contribution in [3.63, 3.8) is 0 Å². The minimum absolute atomic E-state index is 0.0231. The van der Waals surface area contributed by atoms with Crippen molar-refractivity contribution in [2.45, 2.75) is 79.2 Å². The molecule has 1 N–H and O–H groups in total. The van der Waals surface area contributed by atoms with Gasteiger partial charge in [0.25, 0.3) is 0 Å². The summed E-state index contributed by atoms with van der Waals surface area (Å²) in [7, 11) is 3.38. The van der Waals surface area contributed by atoms with Crippen LogP contribution in [0.2, 0.25) is 0 Å². The second-order valence-corrected chi connectivity index (χ2v) is 9.64. The molecule has 2 rings (SSSR count). The van der Waals surface area contributed by atoms with Gasteiger partial charge in [-0.15, -0.1) is 0 Å². The van der Waals surface area contributed by atoms with Crippen molar-refractivity contribution < 1.29 is 14.3 Å². The number of unbranched alkanes of at least 4 members (excludes halogenated alkanes) is 1. The first kappa shape index (κ1) is 27.8. The van der Waals surface area contributed by atoms with Crippen LogP contribution in [0.1, 0.15) is 83.9 Å². The van der Waals surface area contributed by atoms with E-state index in [1.807, 2.05) is 6.20 Å². The molecular formula is C29H46N2O3. The quantitative estimate of drug-likeness (QED) is 0.340. The second kappa shape index (κ2) is 14.1. The summed E-state index contributed by atoms with van der Waals surface area (Å²) < 4.78 is 11.3. The number of rotatable bonds is 14. The van der Waals surface area contributed by atoms with Crippen molar-refractivity contribution in [2.24, 2.45) is 11.8 Å². The average molecular weight is 471 g/mol. The van der Waals surface area contributed by atoms with Crippen LogP contribution in [-0.2, 0) is 11.2 Å². The van der Waals surface area contributed by atoms with E-state index in [-0.39, 0.29) is 12.0 Å². The Kier molecular flexibility index (Phi) is 11.5. The molecule has 190 valence electrons. The Bertz CT molecular complexity index is 844. The van der Waals surface area contributed by atoms with Crippen molar-refractivity contribution in [1.82, 2.24) is 10.2 Å². The molecule has 0 aromatic heterocycles. The molecule has 0 spiro atoms. The van der Waals surface area contributed by atoms with Crippen LogP contribution in [0.4, 0.5) is 0 Å². The van der Waals surface area contributed by atoms with Gasteiger partial charge in [-0.1, -0.05) is 60.0 Å². The third-order valence-corrected chi connectivity index (χ3v) is 6.58. The number of dihydropyridines is 1. The lowest BCUT2D eigenvalue weighted by Crippen LogP contribution is -2.40. The highest BCUT2D eigenvalue weighted by Crippen LogP contribution is 2.36. The van der Waals surface area contributed by atoms with Gasteiger partial charge in [0, 0.05) is 19.0 Å². The van der Waals surface area contributed by atoms with Gasteiger partial charge in [-0.25, -0.2) is 0 Å². The lowest BCUT2D eigenvalue weighted by molar-refractivity contribution is -0.136. The normalized spacial score (nSPS) is 16.1. The summed E-state index contributed by atoms with van der Waals surface area (Å²) in [5.41, 5.74) is 3.46. The van der Waals surface area contributed by atoms with Crippen LogP contribution < -0.4 is 14.8 Å². The topological polar surface area (TPSA) is 50.8 Å². The lowest BCUT2D eigenvalue weighted by atomic mass is 9.89. The summed E-state index contributed by atoms with van der Waals surface area (Å²) in [4.78, 5) is 15.6. The highest BCUT2D eigenvalue weighted by atomic mass is 16.5. The van der Waals surface area contributed by atoms with Gasteiger partial charge in [0.1, 0.15) is 0 Å². The summed E-state index contributed by atoms with van der Waals surface area (Å²) in [5, 5.41) is 3.47. The van der Waals surface area contributed by atoms with E-state index in [0.717, 1.165) is 73.3 Å². The monoisotopic (exact) mass is 470 g/mol. The van der Waals surface area contributed by atoms with Gasteiger partial charge in [0.05, 0.1) is 20.3 Å². The zero-order valence-corrected chi connectivity index (χ0v) is 22.4. The number of nitrogens with one attached hydrogen (secondary N) is 1. The van der Waals surface area contributed by atoms with Crippen molar-refractivity contribution >= 4 is 5.91 Å². The number of ether oxygens (including phenoxy) is 2. The molecule has 0 aliphatic carbocycles.